The van der Waals surface area contributed by atoms with Gasteiger partial charge in [0.15, 0.2) is 0 Å². The highest BCUT2D eigenvalue weighted by atomic mass is 35.5. The Bertz CT molecular complexity index is 936. The summed E-state index contributed by atoms with van der Waals surface area (Å²) in [5.74, 6) is 0.622. The molecule has 0 fully saturated rings. The van der Waals surface area contributed by atoms with Crippen LogP contribution in [0.5, 0.6) is 5.75 Å². The van der Waals surface area contributed by atoms with Crippen LogP contribution in [0.3, 0.4) is 0 Å². The number of aryl methyl sites for hydroxylation is 1. The molecule has 0 aromatic heterocycles. The molecule has 0 heterocycles. The molecular weight excluding hydrogens is 389 g/mol. The smallest absolute Gasteiger partial charge is 0.138 e. The van der Waals surface area contributed by atoms with E-state index in [4.69, 9.17) is 39.5 Å². The minimum atomic E-state index is 0.423. The number of ether oxygens (including phenoxy) is 1. The molecule has 0 aliphatic rings. The van der Waals surface area contributed by atoms with E-state index in [-0.39, 0.29) is 0 Å². The summed E-state index contributed by atoms with van der Waals surface area (Å²) >= 11 is 18.3. The predicted octanol–water partition coefficient (Wildman–Crippen LogP) is 7.28. The molecule has 0 bridgehead atoms. The Balaban J connectivity index is 1.67. The molecular formula is C21H16Cl3NO. The van der Waals surface area contributed by atoms with Crippen LogP contribution in [-0.4, -0.2) is 6.21 Å². The van der Waals surface area contributed by atoms with Gasteiger partial charge in [-0.15, -0.1) is 0 Å². The molecule has 0 atom stereocenters. The van der Waals surface area contributed by atoms with E-state index < -0.39 is 0 Å². The molecule has 132 valence electrons. The van der Waals surface area contributed by atoms with Crippen molar-refractivity contribution in [2.75, 3.05) is 0 Å². The molecule has 3 rings (SSSR count). The molecule has 3 aromatic carbocycles. The van der Waals surface area contributed by atoms with Gasteiger partial charge in [0.1, 0.15) is 12.4 Å². The first-order chi connectivity index (χ1) is 12.5. The standard InChI is InChI=1S/C21H16Cl3NO/c1-14-2-8-18(11-19(14)23)25-12-16-5-9-21(20(24)10-16)26-13-15-3-6-17(22)7-4-15/h2-12H,13H2,1H3. The quantitative estimate of drug-likeness (QED) is 0.409. The number of nitrogens with zero attached hydrogens (tertiary/aromatic N) is 1. The SMILES string of the molecule is Cc1ccc(N=Cc2ccc(OCc3ccc(Cl)cc3)c(Cl)c2)cc1Cl. The molecule has 3 aromatic rings. The van der Waals surface area contributed by atoms with Crippen LogP contribution in [0.15, 0.2) is 65.7 Å². The van der Waals surface area contributed by atoms with Crippen LogP contribution in [0.1, 0.15) is 16.7 Å². The van der Waals surface area contributed by atoms with Crippen LogP contribution in [0, 0.1) is 6.92 Å². The Morgan fingerprint density at radius 2 is 1.65 bits per heavy atom. The molecule has 0 aliphatic heterocycles. The second kappa shape index (κ2) is 8.59. The Morgan fingerprint density at radius 3 is 2.35 bits per heavy atom. The molecule has 0 spiro atoms. The van der Waals surface area contributed by atoms with Crippen molar-refractivity contribution in [2.24, 2.45) is 4.99 Å². The van der Waals surface area contributed by atoms with Crippen molar-refractivity contribution in [3.8, 4) is 5.75 Å². The average molecular weight is 405 g/mol. The van der Waals surface area contributed by atoms with Gasteiger partial charge < -0.3 is 4.74 Å². The van der Waals surface area contributed by atoms with Crippen molar-refractivity contribution < 1.29 is 4.74 Å². The van der Waals surface area contributed by atoms with E-state index in [0.717, 1.165) is 22.4 Å². The summed E-state index contributed by atoms with van der Waals surface area (Å²) in [6.45, 7) is 2.38. The van der Waals surface area contributed by atoms with Gasteiger partial charge in [0.2, 0.25) is 0 Å². The summed E-state index contributed by atoms with van der Waals surface area (Å²) in [5, 5.41) is 1.93. The van der Waals surface area contributed by atoms with Gasteiger partial charge in [-0.3, -0.25) is 4.99 Å². The fourth-order valence-electron chi connectivity index (χ4n) is 2.27. The summed E-state index contributed by atoms with van der Waals surface area (Å²) in [6, 6.07) is 18.8. The molecule has 0 amide bonds. The number of aliphatic imine (C=N–C) groups is 1. The normalized spacial score (nSPS) is 11.1. The van der Waals surface area contributed by atoms with Crippen LogP contribution in [0.2, 0.25) is 15.1 Å². The van der Waals surface area contributed by atoms with Gasteiger partial charge in [0.25, 0.3) is 0 Å². The van der Waals surface area contributed by atoms with Crippen LogP contribution >= 0.6 is 34.8 Å². The number of hydrogen-bond donors (Lipinski definition) is 0. The lowest BCUT2D eigenvalue weighted by Crippen LogP contribution is -1.96. The summed E-state index contributed by atoms with van der Waals surface area (Å²) in [4.78, 5) is 4.43. The third-order valence-electron chi connectivity index (χ3n) is 3.78. The Kier molecular flexibility index (Phi) is 6.20. The third kappa shape index (κ3) is 5.01. The van der Waals surface area contributed by atoms with Gasteiger partial charge in [-0.05, 0) is 66.1 Å². The maximum absolute atomic E-state index is 6.32. The average Bonchev–Trinajstić information content (AvgIpc) is 2.63. The highest BCUT2D eigenvalue weighted by molar-refractivity contribution is 6.32. The minimum Gasteiger partial charge on any atom is -0.487 e. The largest absolute Gasteiger partial charge is 0.487 e. The number of hydrogen-bond acceptors (Lipinski definition) is 2. The van der Waals surface area contributed by atoms with E-state index in [2.05, 4.69) is 4.99 Å². The monoisotopic (exact) mass is 403 g/mol. The van der Waals surface area contributed by atoms with E-state index in [1.807, 2.05) is 67.6 Å². The third-order valence-corrected chi connectivity index (χ3v) is 4.74. The summed E-state index contributed by atoms with van der Waals surface area (Å²) < 4.78 is 5.77. The van der Waals surface area contributed by atoms with Gasteiger partial charge in [-0.1, -0.05) is 53.0 Å². The zero-order valence-electron chi connectivity index (χ0n) is 14.0. The van der Waals surface area contributed by atoms with Crippen LogP contribution in [-0.2, 0) is 6.61 Å². The molecule has 26 heavy (non-hydrogen) atoms. The van der Waals surface area contributed by atoms with Gasteiger partial charge in [-0.2, -0.15) is 0 Å². The first-order valence-corrected chi connectivity index (χ1v) is 9.12. The molecule has 2 nitrogen and oxygen atoms in total. The van der Waals surface area contributed by atoms with Crippen LogP contribution in [0.4, 0.5) is 5.69 Å². The zero-order chi connectivity index (χ0) is 18.5. The Hall–Kier alpha value is -2.00. The van der Waals surface area contributed by atoms with E-state index >= 15 is 0 Å². The fourth-order valence-corrected chi connectivity index (χ4v) is 2.81. The number of rotatable bonds is 5. The van der Waals surface area contributed by atoms with E-state index in [9.17, 15) is 0 Å². The molecule has 0 saturated carbocycles. The van der Waals surface area contributed by atoms with Gasteiger partial charge in [0, 0.05) is 16.3 Å². The second-order valence-electron chi connectivity index (χ2n) is 5.80. The highest BCUT2D eigenvalue weighted by Gasteiger charge is 2.04. The first-order valence-electron chi connectivity index (χ1n) is 7.98. The first kappa shape index (κ1) is 18.8. The maximum atomic E-state index is 6.32. The number of benzene rings is 3. The molecule has 5 heteroatoms. The lowest BCUT2D eigenvalue weighted by Gasteiger charge is -2.09. The van der Waals surface area contributed by atoms with E-state index in [0.29, 0.717) is 27.4 Å². The molecule has 0 radical (unpaired) electrons. The predicted molar refractivity (Wildman–Crippen MR) is 111 cm³/mol. The lowest BCUT2D eigenvalue weighted by atomic mass is 10.2. The second-order valence-corrected chi connectivity index (χ2v) is 7.05. The van der Waals surface area contributed by atoms with Gasteiger partial charge in [0.05, 0.1) is 10.7 Å². The summed E-state index contributed by atoms with van der Waals surface area (Å²) in [5.41, 5.74) is 3.72. The van der Waals surface area contributed by atoms with E-state index in [1.165, 1.54) is 0 Å². The topological polar surface area (TPSA) is 21.6 Å². The lowest BCUT2D eigenvalue weighted by molar-refractivity contribution is 0.306. The molecule has 0 N–H and O–H groups in total. The van der Waals surface area contributed by atoms with Crippen molar-refractivity contribution in [1.82, 2.24) is 0 Å². The van der Waals surface area contributed by atoms with Crippen LogP contribution in [0.25, 0.3) is 0 Å². The minimum absolute atomic E-state index is 0.423. The Morgan fingerprint density at radius 1 is 0.885 bits per heavy atom. The number of halogens is 3. The molecule has 0 unspecified atom stereocenters. The molecule has 0 aliphatic carbocycles. The van der Waals surface area contributed by atoms with E-state index in [1.54, 1.807) is 6.21 Å². The highest BCUT2D eigenvalue weighted by Crippen LogP contribution is 2.27. The van der Waals surface area contributed by atoms with Crippen molar-refractivity contribution >= 4 is 46.7 Å². The molecule has 0 saturated heterocycles. The Labute approximate surface area is 168 Å². The van der Waals surface area contributed by atoms with Crippen molar-refractivity contribution in [1.29, 1.82) is 0 Å². The van der Waals surface area contributed by atoms with Gasteiger partial charge in [-0.25, -0.2) is 0 Å². The summed E-state index contributed by atoms with van der Waals surface area (Å²) in [7, 11) is 0. The van der Waals surface area contributed by atoms with Crippen molar-refractivity contribution in [3.63, 3.8) is 0 Å². The summed E-state index contributed by atoms with van der Waals surface area (Å²) in [6.07, 6.45) is 1.75. The van der Waals surface area contributed by atoms with Crippen molar-refractivity contribution in [3.05, 3.63) is 92.4 Å². The fraction of sp³-hybridized carbons (Fsp3) is 0.0952. The van der Waals surface area contributed by atoms with Crippen molar-refractivity contribution in [2.45, 2.75) is 13.5 Å². The maximum Gasteiger partial charge on any atom is 0.138 e. The zero-order valence-corrected chi connectivity index (χ0v) is 16.3. The van der Waals surface area contributed by atoms with Gasteiger partial charge >= 0.3 is 0 Å². The van der Waals surface area contributed by atoms with Crippen LogP contribution < -0.4 is 4.74 Å².